The number of allylic oxidation sites excluding steroid dienone is 1. The quantitative estimate of drug-likeness (QED) is 0.449. The Morgan fingerprint density at radius 1 is 1.05 bits per heavy atom. The van der Waals surface area contributed by atoms with Crippen LogP contribution in [-0.2, 0) is 24.3 Å². The number of nitrogens with zero attached hydrogens (tertiary/aromatic N) is 2. The summed E-state index contributed by atoms with van der Waals surface area (Å²) in [6.45, 7) is 1.28. The van der Waals surface area contributed by atoms with Crippen LogP contribution in [0.15, 0.2) is 41.0 Å². The zero-order chi connectivity index (χ0) is 27.0. The van der Waals surface area contributed by atoms with Crippen LogP contribution >= 0.6 is 0 Å². The number of sulfonamides is 1. The van der Waals surface area contributed by atoms with Crippen molar-refractivity contribution >= 4 is 15.9 Å². The van der Waals surface area contributed by atoms with Gasteiger partial charge in [-0.25, -0.2) is 8.42 Å². The van der Waals surface area contributed by atoms with Gasteiger partial charge in [-0.2, -0.15) is 4.31 Å². The molecular formula is C28H42N2O7S. The second kappa shape index (κ2) is 13.8. The van der Waals surface area contributed by atoms with Crippen molar-refractivity contribution in [3.8, 4) is 5.75 Å². The van der Waals surface area contributed by atoms with Gasteiger partial charge in [-0.05, 0) is 67.9 Å². The molecule has 212 valence electrons. The SMILES string of the molecule is COc1ccc(S(=O)(=O)N(CCO)CCO[C@H]2C[C@@H](C3CCC3)C=C(C(=O)N3CCCCCCC3)O2)cc1. The first-order chi connectivity index (χ1) is 18.4. The molecular weight excluding hydrogens is 508 g/mol. The van der Waals surface area contributed by atoms with Crippen LogP contribution in [0.2, 0.25) is 0 Å². The molecule has 2 fully saturated rings. The number of carbonyl (C=O) groups is 1. The number of rotatable bonds is 11. The molecule has 0 bridgehead atoms. The first kappa shape index (κ1) is 28.9. The number of likely N-dealkylation sites (tertiary alicyclic amines) is 1. The Hall–Kier alpha value is -2.14. The third-order valence-electron chi connectivity index (χ3n) is 7.89. The van der Waals surface area contributed by atoms with Crippen molar-refractivity contribution < 1.29 is 32.5 Å². The van der Waals surface area contributed by atoms with Crippen molar-refractivity contribution in [2.75, 3.05) is 46.5 Å². The molecule has 0 radical (unpaired) electrons. The minimum atomic E-state index is -3.83. The van der Waals surface area contributed by atoms with Crippen molar-refractivity contribution in [1.82, 2.24) is 9.21 Å². The van der Waals surface area contributed by atoms with Gasteiger partial charge < -0.3 is 24.2 Å². The largest absolute Gasteiger partial charge is 0.497 e. The van der Waals surface area contributed by atoms with Gasteiger partial charge in [0.25, 0.3) is 5.91 Å². The van der Waals surface area contributed by atoms with Crippen LogP contribution in [0.3, 0.4) is 0 Å². The summed E-state index contributed by atoms with van der Waals surface area (Å²) in [7, 11) is -2.31. The Kier molecular flexibility index (Phi) is 10.5. The molecule has 9 nitrogen and oxygen atoms in total. The number of hydrogen-bond acceptors (Lipinski definition) is 7. The molecule has 4 rings (SSSR count). The number of amides is 1. The lowest BCUT2D eigenvalue weighted by Gasteiger charge is -2.38. The average Bonchev–Trinajstić information content (AvgIpc) is 2.86. The molecule has 1 amide bonds. The third kappa shape index (κ3) is 7.28. The summed E-state index contributed by atoms with van der Waals surface area (Å²) in [6, 6.07) is 6.16. The summed E-state index contributed by atoms with van der Waals surface area (Å²) in [6.07, 6.45) is 11.1. The summed E-state index contributed by atoms with van der Waals surface area (Å²) >= 11 is 0. The molecule has 2 aliphatic heterocycles. The maximum absolute atomic E-state index is 13.4. The molecule has 2 atom stereocenters. The summed E-state index contributed by atoms with van der Waals surface area (Å²) in [5.41, 5.74) is 0. The van der Waals surface area contributed by atoms with Gasteiger partial charge in [0.05, 0.1) is 25.2 Å². The lowest BCUT2D eigenvalue weighted by atomic mass is 9.73. The van der Waals surface area contributed by atoms with E-state index in [0.717, 1.165) is 51.6 Å². The van der Waals surface area contributed by atoms with Gasteiger partial charge in [0.1, 0.15) is 5.75 Å². The van der Waals surface area contributed by atoms with Crippen LogP contribution in [0.1, 0.15) is 57.8 Å². The third-order valence-corrected chi connectivity index (χ3v) is 9.80. The number of aliphatic hydroxyl groups excluding tert-OH is 1. The molecule has 38 heavy (non-hydrogen) atoms. The second-order valence-electron chi connectivity index (χ2n) is 10.4. The van der Waals surface area contributed by atoms with E-state index in [1.54, 1.807) is 12.1 Å². The van der Waals surface area contributed by atoms with Crippen LogP contribution in [0.25, 0.3) is 0 Å². The van der Waals surface area contributed by atoms with E-state index in [0.29, 0.717) is 23.8 Å². The fraction of sp³-hybridized carbons (Fsp3) is 0.679. The molecule has 1 aromatic rings. The maximum Gasteiger partial charge on any atom is 0.288 e. The highest BCUT2D eigenvalue weighted by Gasteiger charge is 2.36. The Labute approximate surface area is 226 Å². The van der Waals surface area contributed by atoms with Crippen molar-refractivity contribution in [2.24, 2.45) is 11.8 Å². The minimum absolute atomic E-state index is 0.0491. The van der Waals surface area contributed by atoms with Gasteiger partial charge in [-0.3, -0.25) is 4.79 Å². The molecule has 1 N–H and O–H groups in total. The number of hydrogen-bond donors (Lipinski definition) is 1. The molecule has 1 aromatic carbocycles. The van der Waals surface area contributed by atoms with E-state index < -0.39 is 16.3 Å². The number of benzene rings is 1. The molecule has 1 saturated carbocycles. The monoisotopic (exact) mass is 550 g/mol. The van der Waals surface area contributed by atoms with Gasteiger partial charge in [0.2, 0.25) is 16.3 Å². The smallest absolute Gasteiger partial charge is 0.288 e. The average molecular weight is 551 g/mol. The predicted octanol–water partition coefficient (Wildman–Crippen LogP) is 3.53. The van der Waals surface area contributed by atoms with E-state index >= 15 is 0 Å². The Balaban J connectivity index is 1.39. The van der Waals surface area contributed by atoms with Gasteiger partial charge in [0.15, 0.2) is 5.76 Å². The highest BCUT2D eigenvalue weighted by atomic mass is 32.2. The molecule has 2 heterocycles. The number of carbonyl (C=O) groups excluding carboxylic acids is 1. The Bertz CT molecular complexity index is 1030. The summed E-state index contributed by atoms with van der Waals surface area (Å²) < 4.78 is 44.8. The Morgan fingerprint density at radius 2 is 1.74 bits per heavy atom. The normalized spacial score (nSPS) is 23.1. The Morgan fingerprint density at radius 3 is 2.34 bits per heavy atom. The molecule has 10 heteroatoms. The first-order valence-corrected chi connectivity index (χ1v) is 15.4. The van der Waals surface area contributed by atoms with E-state index in [1.807, 2.05) is 11.0 Å². The van der Waals surface area contributed by atoms with E-state index in [2.05, 4.69) is 0 Å². The lowest BCUT2D eigenvalue weighted by molar-refractivity contribution is -0.158. The maximum atomic E-state index is 13.4. The van der Waals surface area contributed by atoms with Crippen molar-refractivity contribution in [2.45, 2.75) is 69.0 Å². The van der Waals surface area contributed by atoms with Crippen molar-refractivity contribution in [3.63, 3.8) is 0 Å². The standard InChI is InChI=1S/C28H42N2O7S/c1-35-24-10-12-25(13-11-24)38(33,34)30(16-18-31)17-19-36-27-21-23(22-8-7-9-22)20-26(37-27)28(32)29-14-5-3-2-4-6-15-29/h10-13,20,22-23,27,31H,2-9,14-19,21H2,1H3/t23-,27+/m0/s1. The van der Waals surface area contributed by atoms with E-state index in [-0.39, 0.29) is 43.0 Å². The van der Waals surface area contributed by atoms with Gasteiger partial charge in [-0.1, -0.05) is 25.7 Å². The van der Waals surface area contributed by atoms with E-state index in [1.165, 1.54) is 36.4 Å². The fourth-order valence-electron chi connectivity index (χ4n) is 5.39. The van der Waals surface area contributed by atoms with E-state index in [4.69, 9.17) is 14.2 Å². The zero-order valence-electron chi connectivity index (χ0n) is 22.4. The molecule has 0 spiro atoms. The van der Waals surface area contributed by atoms with Crippen LogP contribution < -0.4 is 4.74 Å². The predicted molar refractivity (Wildman–Crippen MR) is 143 cm³/mol. The van der Waals surface area contributed by atoms with Crippen LogP contribution in [0.5, 0.6) is 5.75 Å². The fourth-order valence-corrected chi connectivity index (χ4v) is 6.80. The first-order valence-electron chi connectivity index (χ1n) is 14.0. The number of ether oxygens (including phenoxy) is 3. The van der Waals surface area contributed by atoms with Crippen molar-refractivity contribution in [1.29, 1.82) is 0 Å². The molecule has 0 aromatic heterocycles. The molecule has 1 aliphatic carbocycles. The lowest BCUT2D eigenvalue weighted by Crippen LogP contribution is -2.41. The van der Waals surface area contributed by atoms with Gasteiger partial charge >= 0.3 is 0 Å². The number of aliphatic hydroxyl groups is 1. The number of methoxy groups -OCH3 is 1. The van der Waals surface area contributed by atoms with E-state index in [9.17, 15) is 18.3 Å². The van der Waals surface area contributed by atoms with Crippen molar-refractivity contribution in [3.05, 3.63) is 36.1 Å². The second-order valence-corrected chi connectivity index (χ2v) is 12.3. The molecule has 3 aliphatic rings. The van der Waals surface area contributed by atoms with Gasteiger partial charge in [-0.15, -0.1) is 0 Å². The van der Waals surface area contributed by atoms with Crippen LogP contribution in [0, 0.1) is 11.8 Å². The highest BCUT2D eigenvalue weighted by molar-refractivity contribution is 7.89. The van der Waals surface area contributed by atoms with Crippen LogP contribution in [-0.4, -0.2) is 81.4 Å². The summed E-state index contributed by atoms with van der Waals surface area (Å²) in [4.78, 5) is 15.4. The molecule has 0 unspecified atom stereocenters. The summed E-state index contributed by atoms with van der Waals surface area (Å²) in [5.74, 6) is 1.62. The minimum Gasteiger partial charge on any atom is -0.497 e. The highest BCUT2D eigenvalue weighted by Crippen LogP contribution is 2.40. The van der Waals surface area contributed by atoms with Gasteiger partial charge in [0, 0.05) is 32.6 Å². The molecule has 1 saturated heterocycles. The van der Waals surface area contributed by atoms with Crippen LogP contribution in [0.4, 0.5) is 0 Å². The summed E-state index contributed by atoms with van der Waals surface area (Å²) in [5, 5.41) is 9.52. The zero-order valence-corrected chi connectivity index (χ0v) is 23.2. The topological polar surface area (TPSA) is 106 Å².